The van der Waals surface area contributed by atoms with E-state index in [9.17, 15) is 0 Å². The van der Waals surface area contributed by atoms with Crippen molar-refractivity contribution in [3.8, 4) is 11.5 Å². The summed E-state index contributed by atoms with van der Waals surface area (Å²) in [5.41, 5.74) is 1.14. The van der Waals surface area contributed by atoms with Crippen LogP contribution in [0.4, 0.5) is 0 Å². The van der Waals surface area contributed by atoms with Crippen molar-refractivity contribution in [3.05, 3.63) is 23.8 Å². The van der Waals surface area contributed by atoms with Gasteiger partial charge in [-0.15, -0.1) is 0 Å². The summed E-state index contributed by atoms with van der Waals surface area (Å²) in [6.07, 6.45) is 3.40. The monoisotopic (exact) mass is 276 g/mol. The number of hydrogen-bond acceptors (Lipinski definition) is 4. The summed E-state index contributed by atoms with van der Waals surface area (Å²) in [6.45, 7) is 4.05. The molecule has 1 saturated heterocycles. The Bertz CT molecular complexity index is 478. The summed E-state index contributed by atoms with van der Waals surface area (Å²) in [4.78, 5) is 2.40. The van der Waals surface area contributed by atoms with Crippen LogP contribution in [0.5, 0.6) is 11.5 Å². The van der Waals surface area contributed by atoms with E-state index in [4.69, 9.17) is 9.47 Å². The largest absolute Gasteiger partial charge is 0.497 e. The van der Waals surface area contributed by atoms with E-state index in [0.717, 1.165) is 44.0 Å². The van der Waals surface area contributed by atoms with Gasteiger partial charge in [-0.25, -0.2) is 0 Å². The fraction of sp³-hybridized carbons (Fsp3) is 0.625. The maximum absolute atomic E-state index is 6.47. The summed E-state index contributed by atoms with van der Waals surface area (Å²) in [6, 6.07) is 6.11. The Balaban J connectivity index is 1.85. The minimum Gasteiger partial charge on any atom is -0.497 e. The third-order valence-electron chi connectivity index (χ3n) is 4.48. The van der Waals surface area contributed by atoms with Gasteiger partial charge in [0.15, 0.2) is 0 Å². The van der Waals surface area contributed by atoms with Gasteiger partial charge in [0.2, 0.25) is 0 Å². The molecule has 1 aromatic carbocycles. The SMILES string of the molecule is COc1ccc2c(c1)CNC[C@@]1(CCCN(C)CC1)O2. The standard InChI is InChI=1S/C16H24N2O2/c1-18-8-3-6-16(7-9-18)12-17-11-13-10-14(19-2)4-5-15(13)20-16/h4-5,10,17H,3,6-9,11-12H2,1-2H3/t16-/m0/s1. The van der Waals surface area contributed by atoms with Crippen molar-refractivity contribution in [2.24, 2.45) is 0 Å². The van der Waals surface area contributed by atoms with E-state index in [1.54, 1.807) is 7.11 Å². The Morgan fingerprint density at radius 3 is 3.05 bits per heavy atom. The molecule has 0 saturated carbocycles. The zero-order valence-corrected chi connectivity index (χ0v) is 12.4. The maximum Gasteiger partial charge on any atom is 0.124 e. The molecule has 110 valence electrons. The molecule has 0 bridgehead atoms. The molecule has 0 unspecified atom stereocenters. The molecule has 1 fully saturated rings. The van der Waals surface area contributed by atoms with Crippen LogP contribution in [0.15, 0.2) is 18.2 Å². The van der Waals surface area contributed by atoms with Crippen LogP contribution in [0.1, 0.15) is 24.8 Å². The minimum absolute atomic E-state index is 0.0510. The molecule has 0 aliphatic carbocycles. The molecule has 0 radical (unpaired) electrons. The van der Waals surface area contributed by atoms with Crippen molar-refractivity contribution < 1.29 is 9.47 Å². The van der Waals surface area contributed by atoms with E-state index in [1.807, 2.05) is 6.07 Å². The van der Waals surface area contributed by atoms with E-state index in [0.29, 0.717) is 0 Å². The highest BCUT2D eigenvalue weighted by atomic mass is 16.5. The Morgan fingerprint density at radius 2 is 2.20 bits per heavy atom. The smallest absolute Gasteiger partial charge is 0.124 e. The molecule has 2 aliphatic heterocycles. The van der Waals surface area contributed by atoms with Crippen molar-refractivity contribution in [3.63, 3.8) is 0 Å². The van der Waals surface area contributed by atoms with Gasteiger partial charge in [-0.2, -0.15) is 0 Å². The zero-order valence-electron chi connectivity index (χ0n) is 12.4. The molecule has 0 aromatic heterocycles. The van der Waals surface area contributed by atoms with Gasteiger partial charge in [0.05, 0.1) is 7.11 Å². The lowest BCUT2D eigenvalue weighted by Crippen LogP contribution is -2.44. The van der Waals surface area contributed by atoms with Crippen molar-refractivity contribution >= 4 is 0 Å². The lowest BCUT2D eigenvalue weighted by atomic mass is 9.94. The van der Waals surface area contributed by atoms with Crippen molar-refractivity contribution in [2.75, 3.05) is 33.8 Å². The molecule has 20 heavy (non-hydrogen) atoms. The summed E-state index contributed by atoms with van der Waals surface area (Å²) in [5.74, 6) is 1.91. The van der Waals surface area contributed by atoms with Gasteiger partial charge in [0.1, 0.15) is 17.1 Å². The van der Waals surface area contributed by atoms with Crippen molar-refractivity contribution in [1.29, 1.82) is 0 Å². The molecule has 1 N–H and O–H groups in total. The summed E-state index contributed by atoms with van der Waals surface area (Å²) in [7, 11) is 3.90. The molecule has 4 nitrogen and oxygen atoms in total. The lowest BCUT2D eigenvalue weighted by Gasteiger charge is -2.32. The van der Waals surface area contributed by atoms with Crippen LogP contribution < -0.4 is 14.8 Å². The first-order chi connectivity index (χ1) is 9.71. The molecule has 2 heterocycles. The van der Waals surface area contributed by atoms with Crippen LogP contribution in [0, 0.1) is 0 Å². The molecule has 1 aromatic rings. The second kappa shape index (κ2) is 5.62. The molecular weight excluding hydrogens is 252 g/mol. The van der Waals surface area contributed by atoms with Gasteiger partial charge in [0, 0.05) is 31.6 Å². The van der Waals surface area contributed by atoms with Gasteiger partial charge >= 0.3 is 0 Å². The number of likely N-dealkylation sites (tertiary alicyclic amines) is 1. The first-order valence-electron chi connectivity index (χ1n) is 7.46. The normalized spacial score (nSPS) is 27.3. The molecular formula is C16H24N2O2. The minimum atomic E-state index is -0.0510. The fourth-order valence-corrected chi connectivity index (χ4v) is 3.20. The Labute approximate surface area is 121 Å². The number of fused-ring (bicyclic) bond motifs is 1. The van der Waals surface area contributed by atoms with Crippen LogP contribution in [-0.4, -0.2) is 44.3 Å². The molecule has 1 atom stereocenters. The third-order valence-corrected chi connectivity index (χ3v) is 4.48. The molecule has 3 rings (SSSR count). The summed E-state index contributed by atoms with van der Waals surface area (Å²) < 4.78 is 11.8. The van der Waals surface area contributed by atoms with E-state index in [-0.39, 0.29) is 5.60 Å². The Morgan fingerprint density at radius 1 is 1.30 bits per heavy atom. The van der Waals surface area contributed by atoms with Crippen LogP contribution in [-0.2, 0) is 6.54 Å². The highest BCUT2D eigenvalue weighted by Gasteiger charge is 2.36. The Kier molecular flexibility index (Phi) is 3.85. The predicted molar refractivity (Wildman–Crippen MR) is 79.4 cm³/mol. The number of benzene rings is 1. The first kappa shape index (κ1) is 13.7. The van der Waals surface area contributed by atoms with Gasteiger partial charge in [-0.1, -0.05) is 0 Å². The molecule has 2 aliphatic rings. The number of nitrogens with one attached hydrogen (secondary N) is 1. The Hall–Kier alpha value is -1.26. The number of hydrogen-bond donors (Lipinski definition) is 1. The second-order valence-electron chi connectivity index (χ2n) is 6.02. The molecule has 1 spiro atoms. The quantitative estimate of drug-likeness (QED) is 0.851. The van der Waals surface area contributed by atoms with Crippen LogP contribution in [0.3, 0.4) is 0 Å². The van der Waals surface area contributed by atoms with Gasteiger partial charge < -0.3 is 19.7 Å². The topological polar surface area (TPSA) is 33.7 Å². The highest BCUT2D eigenvalue weighted by Crippen LogP contribution is 2.34. The van der Waals surface area contributed by atoms with E-state index in [1.165, 1.54) is 18.5 Å². The van der Waals surface area contributed by atoms with Gasteiger partial charge in [0.25, 0.3) is 0 Å². The van der Waals surface area contributed by atoms with E-state index in [2.05, 4.69) is 29.4 Å². The number of ether oxygens (including phenoxy) is 2. The average Bonchev–Trinajstić information content (AvgIpc) is 2.74. The lowest BCUT2D eigenvalue weighted by molar-refractivity contribution is 0.0587. The van der Waals surface area contributed by atoms with Gasteiger partial charge in [-0.05, 0) is 44.6 Å². The molecule has 0 amide bonds. The third kappa shape index (κ3) is 2.76. The van der Waals surface area contributed by atoms with E-state index < -0.39 is 0 Å². The second-order valence-corrected chi connectivity index (χ2v) is 6.02. The summed E-state index contributed by atoms with van der Waals surface area (Å²) >= 11 is 0. The fourth-order valence-electron chi connectivity index (χ4n) is 3.20. The predicted octanol–water partition coefficient (Wildman–Crippen LogP) is 2.03. The van der Waals surface area contributed by atoms with Gasteiger partial charge in [-0.3, -0.25) is 0 Å². The first-order valence-corrected chi connectivity index (χ1v) is 7.46. The van der Waals surface area contributed by atoms with Crippen LogP contribution in [0.2, 0.25) is 0 Å². The average molecular weight is 276 g/mol. The van der Waals surface area contributed by atoms with Crippen LogP contribution in [0.25, 0.3) is 0 Å². The maximum atomic E-state index is 6.47. The number of methoxy groups -OCH3 is 1. The highest BCUT2D eigenvalue weighted by molar-refractivity contribution is 5.41. The van der Waals surface area contributed by atoms with Crippen LogP contribution >= 0.6 is 0 Å². The zero-order chi connectivity index (χ0) is 14.0. The number of rotatable bonds is 1. The van der Waals surface area contributed by atoms with Crippen molar-refractivity contribution in [2.45, 2.75) is 31.4 Å². The summed E-state index contributed by atoms with van der Waals surface area (Å²) in [5, 5.41) is 3.56. The number of nitrogens with zero attached hydrogens (tertiary/aromatic N) is 1. The van der Waals surface area contributed by atoms with Crippen molar-refractivity contribution in [1.82, 2.24) is 10.2 Å². The van der Waals surface area contributed by atoms with E-state index >= 15 is 0 Å². The molecule has 4 heteroatoms.